The van der Waals surface area contributed by atoms with Gasteiger partial charge >= 0.3 is 5.97 Å². The van der Waals surface area contributed by atoms with Crippen molar-refractivity contribution in [3.63, 3.8) is 0 Å². The van der Waals surface area contributed by atoms with Crippen LogP contribution in [0.2, 0.25) is 0 Å². The Labute approximate surface area is 88.4 Å². The number of ether oxygens (including phenoxy) is 1. The van der Waals surface area contributed by atoms with Gasteiger partial charge in [0.25, 0.3) is 0 Å². The second-order valence-electron chi connectivity index (χ2n) is 2.67. The summed E-state index contributed by atoms with van der Waals surface area (Å²) in [5.74, 6) is -0.203. The van der Waals surface area contributed by atoms with Crippen LogP contribution in [0.4, 0.5) is 5.82 Å². The first-order chi connectivity index (χ1) is 7.11. The van der Waals surface area contributed by atoms with Gasteiger partial charge in [0.05, 0.1) is 13.5 Å². The number of carbonyl (C=O) groups excluding carboxylic acids is 1. The molecule has 1 aromatic heterocycles. The molecular formula is C8H10N2O4S. The summed E-state index contributed by atoms with van der Waals surface area (Å²) in [6.45, 7) is 0. The van der Waals surface area contributed by atoms with E-state index >= 15 is 0 Å². The third-order valence-electron chi connectivity index (χ3n) is 1.61. The lowest BCUT2D eigenvalue weighted by Crippen LogP contribution is -2.05. The Hall–Kier alpha value is -1.63. The van der Waals surface area contributed by atoms with Crippen molar-refractivity contribution in [2.45, 2.75) is 6.42 Å². The molecule has 0 aliphatic heterocycles. The molecule has 0 amide bonds. The van der Waals surface area contributed by atoms with Crippen molar-refractivity contribution in [1.29, 1.82) is 0 Å². The molecule has 0 unspecified atom stereocenters. The Bertz CT molecular complexity index is 422. The summed E-state index contributed by atoms with van der Waals surface area (Å²) < 4.78 is 27.3. The average molecular weight is 230 g/mol. The van der Waals surface area contributed by atoms with E-state index in [2.05, 4.69) is 14.4 Å². The largest absolute Gasteiger partial charge is 0.469 e. The predicted octanol–water partition coefficient (Wildman–Crippen LogP) is -0.265. The highest BCUT2D eigenvalue weighted by molar-refractivity contribution is 7.73. The quantitative estimate of drug-likeness (QED) is 0.549. The van der Waals surface area contributed by atoms with Gasteiger partial charge in [0, 0.05) is 6.20 Å². The summed E-state index contributed by atoms with van der Waals surface area (Å²) in [6, 6.07) is 3.09. The van der Waals surface area contributed by atoms with E-state index in [-0.39, 0.29) is 12.2 Å². The third kappa shape index (κ3) is 3.94. The van der Waals surface area contributed by atoms with E-state index in [0.29, 0.717) is 5.56 Å². The fraction of sp³-hybridized carbons (Fsp3) is 0.250. The van der Waals surface area contributed by atoms with Gasteiger partial charge in [-0.05, 0) is 17.7 Å². The summed E-state index contributed by atoms with van der Waals surface area (Å²) >= 11 is 0. The Morgan fingerprint density at radius 1 is 1.60 bits per heavy atom. The van der Waals surface area contributed by atoms with Crippen molar-refractivity contribution in [1.82, 2.24) is 4.98 Å². The first-order valence-corrected chi connectivity index (χ1v) is 5.22. The topological polar surface area (TPSA) is 85.4 Å². The molecule has 1 N–H and O–H groups in total. The number of thiol groups is 1. The molecule has 0 bridgehead atoms. The van der Waals surface area contributed by atoms with Gasteiger partial charge in [0.15, 0.2) is 0 Å². The van der Waals surface area contributed by atoms with Gasteiger partial charge in [-0.1, -0.05) is 0 Å². The van der Waals surface area contributed by atoms with Crippen LogP contribution in [0.15, 0.2) is 18.3 Å². The van der Waals surface area contributed by atoms with Crippen molar-refractivity contribution >= 4 is 22.7 Å². The number of nitrogens with one attached hydrogen (secondary N) is 1. The molecule has 82 valence electrons. The second kappa shape index (κ2) is 5.30. The van der Waals surface area contributed by atoms with Crippen molar-refractivity contribution in [3.8, 4) is 0 Å². The SMILES string of the molecule is COC(=O)Cc1ccnc(N[SH](=O)=O)c1. The molecule has 0 atom stereocenters. The summed E-state index contributed by atoms with van der Waals surface area (Å²) in [4.78, 5) is 14.7. The van der Waals surface area contributed by atoms with E-state index in [9.17, 15) is 13.2 Å². The summed E-state index contributed by atoms with van der Waals surface area (Å²) in [5.41, 5.74) is 0.635. The zero-order chi connectivity index (χ0) is 11.3. The number of anilines is 1. The van der Waals surface area contributed by atoms with Gasteiger partial charge < -0.3 is 4.74 Å². The number of methoxy groups -OCH3 is 1. The summed E-state index contributed by atoms with van der Waals surface area (Å²) in [5, 5.41) is 0. The van der Waals surface area contributed by atoms with Gasteiger partial charge in [-0.3, -0.25) is 9.52 Å². The van der Waals surface area contributed by atoms with Crippen molar-refractivity contribution in [3.05, 3.63) is 23.9 Å². The molecule has 0 spiro atoms. The fourth-order valence-electron chi connectivity index (χ4n) is 0.978. The van der Waals surface area contributed by atoms with E-state index in [4.69, 9.17) is 0 Å². The van der Waals surface area contributed by atoms with E-state index in [0.717, 1.165) is 0 Å². The van der Waals surface area contributed by atoms with Crippen molar-refractivity contribution < 1.29 is 17.9 Å². The first-order valence-electron chi connectivity index (χ1n) is 4.04. The van der Waals surface area contributed by atoms with Crippen LogP contribution < -0.4 is 4.72 Å². The van der Waals surface area contributed by atoms with E-state index in [1.807, 2.05) is 0 Å². The highest BCUT2D eigenvalue weighted by Crippen LogP contribution is 2.07. The minimum Gasteiger partial charge on any atom is -0.469 e. The maximum atomic E-state index is 10.9. The molecule has 0 radical (unpaired) electrons. The number of carbonyl (C=O) groups is 1. The van der Waals surface area contributed by atoms with Crippen molar-refractivity contribution in [2.75, 3.05) is 11.8 Å². The molecule has 0 aliphatic carbocycles. The number of esters is 1. The smallest absolute Gasteiger partial charge is 0.309 e. The molecule has 7 heteroatoms. The predicted molar refractivity (Wildman–Crippen MR) is 53.9 cm³/mol. The van der Waals surface area contributed by atoms with Gasteiger partial charge in [-0.25, -0.2) is 13.4 Å². The van der Waals surface area contributed by atoms with Gasteiger partial charge in [-0.2, -0.15) is 0 Å². The Morgan fingerprint density at radius 2 is 2.33 bits per heavy atom. The Balaban J connectivity index is 2.78. The van der Waals surface area contributed by atoms with E-state index < -0.39 is 16.9 Å². The monoisotopic (exact) mass is 230 g/mol. The number of rotatable bonds is 4. The molecule has 0 saturated carbocycles. The summed E-state index contributed by atoms with van der Waals surface area (Å²) in [7, 11) is -1.45. The average Bonchev–Trinajstić information content (AvgIpc) is 2.17. The van der Waals surface area contributed by atoms with Crippen LogP contribution in [0.5, 0.6) is 0 Å². The molecule has 1 heterocycles. The molecule has 0 saturated heterocycles. The van der Waals surface area contributed by atoms with Crippen LogP contribution >= 0.6 is 0 Å². The highest BCUT2D eigenvalue weighted by atomic mass is 32.2. The van der Waals surface area contributed by atoms with Crippen LogP contribution in [0, 0.1) is 0 Å². The Kier molecular flexibility index (Phi) is 4.04. The standard InChI is InChI=1S/C8H10N2O4S/c1-14-8(11)5-6-2-3-9-7(4-6)10-15(12)13/h2-4,15H,5H2,1H3,(H,9,10,12,13). The van der Waals surface area contributed by atoms with Crippen LogP contribution in [0.1, 0.15) is 5.56 Å². The highest BCUT2D eigenvalue weighted by Gasteiger charge is 2.03. The van der Waals surface area contributed by atoms with E-state index in [1.165, 1.54) is 19.4 Å². The minimum atomic E-state index is -2.74. The lowest BCUT2D eigenvalue weighted by Gasteiger charge is -2.02. The minimum absolute atomic E-state index is 0.0866. The lowest BCUT2D eigenvalue weighted by atomic mass is 10.2. The van der Waals surface area contributed by atoms with Crippen molar-refractivity contribution in [2.24, 2.45) is 0 Å². The third-order valence-corrected chi connectivity index (χ3v) is 2.02. The maximum Gasteiger partial charge on any atom is 0.309 e. The number of aromatic nitrogens is 1. The number of hydrogen-bond donors (Lipinski definition) is 2. The second-order valence-corrected chi connectivity index (χ2v) is 3.41. The first kappa shape index (κ1) is 11.4. The lowest BCUT2D eigenvalue weighted by molar-refractivity contribution is -0.139. The molecular weight excluding hydrogens is 220 g/mol. The number of nitrogens with zero attached hydrogens (tertiary/aromatic N) is 1. The zero-order valence-electron chi connectivity index (χ0n) is 7.97. The number of pyridine rings is 1. The molecule has 6 nitrogen and oxygen atoms in total. The number of hydrogen-bond acceptors (Lipinski definition) is 5. The van der Waals surface area contributed by atoms with Crippen LogP contribution in [0.25, 0.3) is 0 Å². The fourth-order valence-corrected chi connectivity index (χ4v) is 1.29. The van der Waals surface area contributed by atoms with Gasteiger partial charge in [0.2, 0.25) is 10.9 Å². The molecule has 0 fully saturated rings. The zero-order valence-corrected chi connectivity index (χ0v) is 8.86. The molecule has 0 aromatic carbocycles. The molecule has 1 rings (SSSR count). The summed E-state index contributed by atoms with van der Waals surface area (Å²) in [6.07, 6.45) is 1.50. The van der Waals surface area contributed by atoms with Gasteiger partial charge in [0.1, 0.15) is 5.82 Å². The molecule has 1 aromatic rings. The van der Waals surface area contributed by atoms with Crippen LogP contribution in [0.3, 0.4) is 0 Å². The van der Waals surface area contributed by atoms with Crippen LogP contribution in [-0.4, -0.2) is 26.5 Å². The molecule has 0 aliphatic rings. The normalized spacial score (nSPS) is 10.0. The van der Waals surface area contributed by atoms with E-state index in [1.54, 1.807) is 6.07 Å². The Morgan fingerprint density at radius 3 is 2.93 bits per heavy atom. The maximum absolute atomic E-state index is 10.9. The molecule has 15 heavy (non-hydrogen) atoms. The van der Waals surface area contributed by atoms with Crippen LogP contribution in [-0.2, 0) is 26.8 Å². The van der Waals surface area contributed by atoms with Gasteiger partial charge in [-0.15, -0.1) is 0 Å².